The van der Waals surface area contributed by atoms with Crippen LogP contribution in [0.2, 0.25) is 5.02 Å². The molecule has 1 unspecified atom stereocenters. The first-order valence-electron chi connectivity index (χ1n) is 9.90. The van der Waals surface area contributed by atoms with Gasteiger partial charge < -0.3 is 20.4 Å². The van der Waals surface area contributed by atoms with Gasteiger partial charge in [0.15, 0.2) is 0 Å². The molecular formula is C22H27ClN4O2. The number of amides is 3. The molecule has 0 spiro atoms. The molecule has 29 heavy (non-hydrogen) atoms. The molecule has 7 heteroatoms. The maximum Gasteiger partial charge on any atom is 0.318 e. The van der Waals surface area contributed by atoms with Gasteiger partial charge in [0, 0.05) is 43.4 Å². The molecule has 1 aliphatic rings. The van der Waals surface area contributed by atoms with Gasteiger partial charge in [-0.1, -0.05) is 48.0 Å². The first-order chi connectivity index (χ1) is 14.0. The van der Waals surface area contributed by atoms with Crippen molar-refractivity contribution in [3.63, 3.8) is 0 Å². The predicted molar refractivity (Wildman–Crippen MR) is 116 cm³/mol. The SMILES string of the molecule is CC(NC(=O)N1CCN(c2cccc(Cl)c2)CC1)C(=O)NCCc1ccccc1. The number of carbonyl (C=O) groups excluding carboxylic acids is 2. The van der Waals surface area contributed by atoms with Crippen LogP contribution in [0.4, 0.5) is 10.5 Å². The molecule has 1 atom stereocenters. The Kier molecular flexibility index (Phi) is 7.36. The van der Waals surface area contributed by atoms with Crippen molar-refractivity contribution in [2.24, 2.45) is 0 Å². The highest BCUT2D eigenvalue weighted by Crippen LogP contribution is 2.20. The molecule has 0 aliphatic carbocycles. The Morgan fingerprint density at radius 3 is 2.45 bits per heavy atom. The van der Waals surface area contributed by atoms with E-state index in [1.807, 2.05) is 54.6 Å². The van der Waals surface area contributed by atoms with Crippen LogP contribution >= 0.6 is 11.6 Å². The highest BCUT2D eigenvalue weighted by atomic mass is 35.5. The monoisotopic (exact) mass is 414 g/mol. The molecule has 154 valence electrons. The van der Waals surface area contributed by atoms with E-state index in [-0.39, 0.29) is 11.9 Å². The van der Waals surface area contributed by atoms with Gasteiger partial charge in [-0.2, -0.15) is 0 Å². The van der Waals surface area contributed by atoms with E-state index in [9.17, 15) is 9.59 Å². The van der Waals surface area contributed by atoms with E-state index in [0.29, 0.717) is 24.7 Å². The lowest BCUT2D eigenvalue weighted by Crippen LogP contribution is -2.55. The lowest BCUT2D eigenvalue weighted by molar-refractivity contribution is -0.122. The fourth-order valence-electron chi connectivity index (χ4n) is 3.31. The van der Waals surface area contributed by atoms with Gasteiger partial charge in [-0.25, -0.2) is 4.79 Å². The van der Waals surface area contributed by atoms with E-state index < -0.39 is 6.04 Å². The van der Waals surface area contributed by atoms with Crippen LogP contribution in [0.1, 0.15) is 12.5 Å². The number of nitrogens with one attached hydrogen (secondary N) is 2. The van der Waals surface area contributed by atoms with Gasteiger partial charge in [-0.15, -0.1) is 0 Å². The second-order valence-electron chi connectivity index (χ2n) is 7.15. The minimum Gasteiger partial charge on any atom is -0.368 e. The van der Waals surface area contributed by atoms with Crippen molar-refractivity contribution < 1.29 is 9.59 Å². The number of carbonyl (C=O) groups is 2. The average Bonchev–Trinajstić information content (AvgIpc) is 2.74. The van der Waals surface area contributed by atoms with Gasteiger partial charge in [0.1, 0.15) is 6.04 Å². The van der Waals surface area contributed by atoms with Gasteiger partial charge in [0.05, 0.1) is 0 Å². The van der Waals surface area contributed by atoms with Crippen LogP contribution in [0, 0.1) is 0 Å². The number of benzene rings is 2. The Morgan fingerprint density at radius 1 is 1.03 bits per heavy atom. The number of piperazine rings is 1. The van der Waals surface area contributed by atoms with Crippen molar-refractivity contribution in [1.29, 1.82) is 0 Å². The zero-order valence-corrected chi connectivity index (χ0v) is 17.4. The molecule has 0 bridgehead atoms. The average molecular weight is 415 g/mol. The standard InChI is InChI=1S/C22H27ClN4O2/c1-17(21(28)24-11-10-18-6-3-2-4-7-18)25-22(29)27-14-12-26(13-15-27)20-9-5-8-19(23)16-20/h2-9,16-17H,10-15H2,1H3,(H,24,28)(H,25,29). The van der Waals surface area contributed by atoms with E-state index in [2.05, 4.69) is 15.5 Å². The quantitative estimate of drug-likeness (QED) is 0.763. The number of rotatable bonds is 6. The minimum absolute atomic E-state index is 0.174. The van der Waals surface area contributed by atoms with Gasteiger partial charge >= 0.3 is 6.03 Å². The molecule has 1 fully saturated rings. The smallest absolute Gasteiger partial charge is 0.318 e. The molecular weight excluding hydrogens is 388 g/mol. The first-order valence-corrected chi connectivity index (χ1v) is 10.3. The van der Waals surface area contributed by atoms with Crippen LogP contribution in [0.15, 0.2) is 54.6 Å². The summed E-state index contributed by atoms with van der Waals surface area (Å²) in [6.45, 7) is 4.90. The van der Waals surface area contributed by atoms with Gasteiger partial charge in [0.25, 0.3) is 0 Å². The highest BCUT2D eigenvalue weighted by Gasteiger charge is 2.24. The summed E-state index contributed by atoms with van der Waals surface area (Å²) in [5, 5.41) is 6.38. The van der Waals surface area contributed by atoms with E-state index in [4.69, 9.17) is 11.6 Å². The molecule has 6 nitrogen and oxygen atoms in total. The molecule has 1 aliphatic heterocycles. The van der Waals surface area contributed by atoms with E-state index in [1.165, 1.54) is 5.56 Å². The van der Waals surface area contributed by atoms with Gasteiger partial charge in [-0.3, -0.25) is 4.79 Å². The topological polar surface area (TPSA) is 64.7 Å². The molecule has 3 amide bonds. The second-order valence-corrected chi connectivity index (χ2v) is 7.59. The second kappa shape index (κ2) is 10.2. The summed E-state index contributed by atoms with van der Waals surface area (Å²) in [4.78, 5) is 28.7. The van der Waals surface area contributed by atoms with E-state index in [0.717, 1.165) is 25.2 Å². The van der Waals surface area contributed by atoms with Crippen molar-refractivity contribution in [3.05, 3.63) is 65.2 Å². The summed E-state index contributed by atoms with van der Waals surface area (Å²) in [6.07, 6.45) is 0.763. The highest BCUT2D eigenvalue weighted by molar-refractivity contribution is 6.30. The zero-order chi connectivity index (χ0) is 20.6. The third-order valence-corrected chi connectivity index (χ3v) is 5.26. The number of anilines is 1. The van der Waals surface area contributed by atoms with Crippen molar-refractivity contribution in [1.82, 2.24) is 15.5 Å². The van der Waals surface area contributed by atoms with Crippen molar-refractivity contribution >= 4 is 29.2 Å². The summed E-state index contributed by atoms with van der Waals surface area (Å²) in [5.74, 6) is -0.174. The maximum atomic E-state index is 12.5. The lowest BCUT2D eigenvalue weighted by Gasteiger charge is -2.36. The van der Waals surface area contributed by atoms with Crippen LogP contribution in [0.3, 0.4) is 0 Å². The van der Waals surface area contributed by atoms with Gasteiger partial charge in [-0.05, 0) is 37.1 Å². The normalized spacial score (nSPS) is 15.0. The molecule has 1 heterocycles. The van der Waals surface area contributed by atoms with Crippen LogP contribution < -0.4 is 15.5 Å². The van der Waals surface area contributed by atoms with Crippen LogP contribution in [-0.2, 0) is 11.2 Å². The van der Waals surface area contributed by atoms with Crippen LogP contribution in [0.5, 0.6) is 0 Å². The number of hydrogen-bond donors (Lipinski definition) is 2. The molecule has 0 radical (unpaired) electrons. The van der Waals surface area contributed by atoms with E-state index in [1.54, 1.807) is 11.8 Å². The summed E-state index contributed by atoms with van der Waals surface area (Å²) >= 11 is 6.06. The van der Waals surface area contributed by atoms with Crippen LogP contribution in [-0.4, -0.2) is 55.6 Å². The number of halogens is 1. The Labute approximate surface area is 176 Å². The van der Waals surface area contributed by atoms with Crippen molar-refractivity contribution in [2.75, 3.05) is 37.6 Å². The molecule has 1 saturated heterocycles. The molecule has 0 aromatic heterocycles. The Balaban J connectivity index is 1.40. The Bertz CT molecular complexity index is 823. The largest absolute Gasteiger partial charge is 0.368 e. The fourth-order valence-corrected chi connectivity index (χ4v) is 3.49. The van der Waals surface area contributed by atoms with Crippen LogP contribution in [0.25, 0.3) is 0 Å². The van der Waals surface area contributed by atoms with Crippen molar-refractivity contribution in [2.45, 2.75) is 19.4 Å². The third kappa shape index (κ3) is 6.12. The lowest BCUT2D eigenvalue weighted by atomic mass is 10.1. The first kappa shape index (κ1) is 21.0. The molecule has 3 rings (SSSR count). The summed E-state index contributed by atoms with van der Waals surface area (Å²) in [7, 11) is 0. The molecule has 0 saturated carbocycles. The zero-order valence-electron chi connectivity index (χ0n) is 16.6. The number of urea groups is 1. The summed E-state index contributed by atoms with van der Waals surface area (Å²) in [6, 6.07) is 16.9. The molecule has 2 aromatic rings. The van der Waals surface area contributed by atoms with Gasteiger partial charge in [0.2, 0.25) is 5.91 Å². The molecule has 2 N–H and O–H groups in total. The number of nitrogens with zero attached hydrogens (tertiary/aromatic N) is 2. The predicted octanol–water partition coefficient (Wildman–Crippen LogP) is 2.92. The van der Waals surface area contributed by atoms with Crippen molar-refractivity contribution in [3.8, 4) is 0 Å². The summed E-state index contributed by atoms with van der Waals surface area (Å²) < 4.78 is 0. The summed E-state index contributed by atoms with van der Waals surface area (Å²) in [5.41, 5.74) is 2.23. The molecule has 2 aromatic carbocycles. The maximum absolute atomic E-state index is 12.5. The minimum atomic E-state index is -0.579. The van der Waals surface area contributed by atoms with E-state index >= 15 is 0 Å². The fraction of sp³-hybridized carbons (Fsp3) is 0.364. The number of hydrogen-bond acceptors (Lipinski definition) is 3. The Morgan fingerprint density at radius 2 is 1.76 bits per heavy atom. The third-order valence-electron chi connectivity index (χ3n) is 5.03. The Hall–Kier alpha value is -2.73.